The lowest BCUT2D eigenvalue weighted by Crippen LogP contribution is -2.44. The predicted molar refractivity (Wildman–Crippen MR) is 84.2 cm³/mol. The van der Waals surface area contributed by atoms with Crippen LogP contribution in [0, 0.1) is 5.82 Å². The second kappa shape index (κ2) is 6.59. The molecule has 2 rings (SSSR count). The lowest BCUT2D eigenvalue weighted by molar-refractivity contribution is 0.415. The molecule has 3 N–H and O–H groups in total. The summed E-state index contributed by atoms with van der Waals surface area (Å²) in [5, 5.41) is 3.42. The first-order valence-electron chi connectivity index (χ1n) is 6.91. The fourth-order valence-corrected chi connectivity index (χ4v) is 2.29. The Morgan fingerprint density at radius 3 is 2.48 bits per heavy atom. The van der Waals surface area contributed by atoms with Crippen LogP contribution in [0.25, 0.3) is 0 Å². The molecule has 1 unspecified atom stereocenters. The molecule has 3 nitrogen and oxygen atoms in total. The number of nitrogens with two attached hydrogens (primary N) is 1. The SMILES string of the molecule is COc1ccc(NC(C)(CN)Cc2cccc(F)c2)cc1. The Hall–Kier alpha value is -2.07. The maximum absolute atomic E-state index is 13.3. The highest BCUT2D eigenvalue weighted by Crippen LogP contribution is 2.22. The molecule has 2 aromatic rings. The highest BCUT2D eigenvalue weighted by molar-refractivity contribution is 5.48. The number of ether oxygens (including phenoxy) is 1. The first kappa shape index (κ1) is 15.3. The summed E-state index contributed by atoms with van der Waals surface area (Å²) < 4.78 is 18.4. The average molecular weight is 288 g/mol. The van der Waals surface area contributed by atoms with Gasteiger partial charge in [-0.15, -0.1) is 0 Å². The molecule has 0 spiro atoms. The Morgan fingerprint density at radius 1 is 1.19 bits per heavy atom. The van der Waals surface area contributed by atoms with Gasteiger partial charge >= 0.3 is 0 Å². The predicted octanol–water partition coefficient (Wildman–Crippen LogP) is 3.21. The highest BCUT2D eigenvalue weighted by atomic mass is 19.1. The second-order valence-electron chi connectivity index (χ2n) is 5.42. The van der Waals surface area contributed by atoms with Gasteiger partial charge in [0.05, 0.1) is 12.6 Å². The van der Waals surface area contributed by atoms with Crippen molar-refractivity contribution in [2.45, 2.75) is 18.9 Å². The van der Waals surface area contributed by atoms with Crippen LogP contribution in [0.5, 0.6) is 5.75 Å². The molecule has 0 aliphatic rings. The van der Waals surface area contributed by atoms with Gasteiger partial charge in [0.15, 0.2) is 0 Å². The van der Waals surface area contributed by atoms with Gasteiger partial charge in [-0.2, -0.15) is 0 Å². The van der Waals surface area contributed by atoms with Crippen molar-refractivity contribution in [1.82, 2.24) is 0 Å². The van der Waals surface area contributed by atoms with E-state index in [1.54, 1.807) is 19.2 Å². The number of benzene rings is 2. The van der Waals surface area contributed by atoms with E-state index in [9.17, 15) is 4.39 Å². The minimum atomic E-state index is -0.345. The lowest BCUT2D eigenvalue weighted by Gasteiger charge is -2.31. The summed E-state index contributed by atoms with van der Waals surface area (Å²) >= 11 is 0. The molecule has 1 atom stereocenters. The van der Waals surface area contributed by atoms with Crippen LogP contribution in [0.1, 0.15) is 12.5 Å². The van der Waals surface area contributed by atoms with Gasteiger partial charge < -0.3 is 15.8 Å². The van der Waals surface area contributed by atoms with Crippen LogP contribution in [0.2, 0.25) is 0 Å². The molecule has 4 heteroatoms. The fourth-order valence-electron chi connectivity index (χ4n) is 2.29. The first-order chi connectivity index (χ1) is 10.0. The molecule has 2 aromatic carbocycles. The monoisotopic (exact) mass is 288 g/mol. The lowest BCUT2D eigenvalue weighted by atomic mass is 9.92. The number of hydrogen-bond acceptors (Lipinski definition) is 3. The fraction of sp³-hybridized carbons (Fsp3) is 0.294. The minimum absolute atomic E-state index is 0.226. The van der Waals surface area contributed by atoms with E-state index in [1.165, 1.54) is 6.07 Å². The molecule has 21 heavy (non-hydrogen) atoms. The zero-order valence-corrected chi connectivity index (χ0v) is 12.4. The van der Waals surface area contributed by atoms with E-state index >= 15 is 0 Å². The van der Waals surface area contributed by atoms with Crippen molar-refractivity contribution >= 4 is 5.69 Å². The maximum Gasteiger partial charge on any atom is 0.123 e. The zero-order chi connectivity index (χ0) is 15.3. The quantitative estimate of drug-likeness (QED) is 0.858. The van der Waals surface area contributed by atoms with Crippen LogP contribution in [-0.2, 0) is 6.42 Å². The topological polar surface area (TPSA) is 47.3 Å². The van der Waals surface area contributed by atoms with Crippen LogP contribution in [-0.4, -0.2) is 19.2 Å². The van der Waals surface area contributed by atoms with Gasteiger partial charge in [-0.05, 0) is 55.3 Å². The van der Waals surface area contributed by atoms with Crippen molar-refractivity contribution in [3.63, 3.8) is 0 Å². The summed E-state index contributed by atoms with van der Waals surface area (Å²) in [6.07, 6.45) is 0.646. The van der Waals surface area contributed by atoms with Crippen LogP contribution in [0.4, 0.5) is 10.1 Å². The van der Waals surface area contributed by atoms with E-state index in [0.29, 0.717) is 13.0 Å². The van der Waals surface area contributed by atoms with Crippen LogP contribution >= 0.6 is 0 Å². The highest BCUT2D eigenvalue weighted by Gasteiger charge is 2.23. The summed E-state index contributed by atoms with van der Waals surface area (Å²) in [7, 11) is 1.64. The van der Waals surface area contributed by atoms with Gasteiger partial charge in [0.2, 0.25) is 0 Å². The number of anilines is 1. The number of halogens is 1. The van der Waals surface area contributed by atoms with Crippen LogP contribution in [0.3, 0.4) is 0 Å². The molecule has 0 aromatic heterocycles. The summed E-state index contributed by atoms with van der Waals surface area (Å²) in [5.41, 5.74) is 7.45. The molecule has 0 fully saturated rings. The molecule has 112 valence electrons. The third-order valence-electron chi connectivity index (χ3n) is 3.47. The largest absolute Gasteiger partial charge is 0.497 e. The molecule has 0 saturated carbocycles. The standard InChI is InChI=1S/C17H21FN2O/c1-17(12-19,11-13-4-3-5-14(18)10-13)20-15-6-8-16(21-2)9-7-15/h3-10,20H,11-12,19H2,1-2H3. The molecule has 0 aliphatic carbocycles. The van der Waals surface area contributed by atoms with E-state index in [0.717, 1.165) is 17.0 Å². The number of methoxy groups -OCH3 is 1. The van der Waals surface area contributed by atoms with E-state index in [2.05, 4.69) is 5.32 Å². The zero-order valence-electron chi connectivity index (χ0n) is 12.4. The number of rotatable bonds is 6. The Kier molecular flexibility index (Phi) is 4.81. The Balaban J connectivity index is 2.12. The first-order valence-corrected chi connectivity index (χ1v) is 6.91. The second-order valence-corrected chi connectivity index (χ2v) is 5.42. The van der Waals surface area contributed by atoms with Gasteiger partial charge in [0.1, 0.15) is 11.6 Å². The van der Waals surface area contributed by atoms with Gasteiger partial charge in [-0.3, -0.25) is 0 Å². The molecule has 0 saturated heterocycles. The maximum atomic E-state index is 13.3. The van der Waals surface area contributed by atoms with Crippen LogP contribution in [0.15, 0.2) is 48.5 Å². The van der Waals surface area contributed by atoms with Crippen molar-refractivity contribution < 1.29 is 9.13 Å². The van der Waals surface area contributed by atoms with Crippen LogP contribution < -0.4 is 15.8 Å². The third-order valence-corrected chi connectivity index (χ3v) is 3.47. The minimum Gasteiger partial charge on any atom is -0.497 e. The smallest absolute Gasteiger partial charge is 0.123 e. The summed E-state index contributed by atoms with van der Waals surface area (Å²) in [5.74, 6) is 0.580. The van der Waals surface area contributed by atoms with Crippen molar-refractivity contribution in [1.29, 1.82) is 0 Å². The van der Waals surface area contributed by atoms with Gasteiger partial charge in [0, 0.05) is 12.2 Å². The number of nitrogens with one attached hydrogen (secondary N) is 1. The van der Waals surface area contributed by atoms with E-state index in [4.69, 9.17) is 10.5 Å². The van der Waals surface area contributed by atoms with E-state index in [1.807, 2.05) is 37.3 Å². The normalized spacial score (nSPS) is 13.5. The molecule has 0 amide bonds. The van der Waals surface area contributed by atoms with E-state index < -0.39 is 0 Å². The molecule has 0 aliphatic heterocycles. The Labute approximate surface area is 124 Å². The molecule has 0 bridgehead atoms. The summed E-state index contributed by atoms with van der Waals surface area (Å²) in [4.78, 5) is 0. The molecular weight excluding hydrogens is 267 g/mol. The van der Waals surface area contributed by atoms with Gasteiger partial charge in [-0.1, -0.05) is 12.1 Å². The third kappa shape index (κ3) is 4.20. The van der Waals surface area contributed by atoms with Gasteiger partial charge in [0.25, 0.3) is 0 Å². The Morgan fingerprint density at radius 2 is 1.90 bits per heavy atom. The van der Waals surface area contributed by atoms with Crippen molar-refractivity contribution in [3.8, 4) is 5.75 Å². The molecule has 0 radical (unpaired) electrons. The average Bonchev–Trinajstić information content (AvgIpc) is 2.48. The summed E-state index contributed by atoms with van der Waals surface area (Å²) in [6, 6.07) is 14.3. The van der Waals surface area contributed by atoms with Gasteiger partial charge in [-0.25, -0.2) is 4.39 Å². The molecule has 0 heterocycles. The van der Waals surface area contributed by atoms with E-state index in [-0.39, 0.29) is 11.4 Å². The Bertz CT molecular complexity index is 586. The van der Waals surface area contributed by atoms with Crippen molar-refractivity contribution in [2.24, 2.45) is 5.73 Å². The molecular formula is C17H21FN2O. The summed E-state index contributed by atoms with van der Waals surface area (Å²) in [6.45, 7) is 2.47. The van der Waals surface area contributed by atoms with Crippen molar-refractivity contribution in [2.75, 3.05) is 19.0 Å². The van der Waals surface area contributed by atoms with Crippen molar-refractivity contribution in [3.05, 3.63) is 59.9 Å². The number of hydrogen-bond donors (Lipinski definition) is 2.